The average molecular weight is 301 g/mol. The first-order chi connectivity index (χ1) is 10.5. The molecular formula is C16H23N5O. The summed E-state index contributed by atoms with van der Waals surface area (Å²) in [5.74, 6) is 0.949. The smallest absolute Gasteiger partial charge is 0.163 e. The Kier molecular flexibility index (Phi) is 3.87. The van der Waals surface area contributed by atoms with E-state index in [-0.39, 0.29) is 11.6 Å². The molecule has 0 aliphatic carbocycles. The molecule has 1 saturated heterocycles. The van der Waals surface area contributed by atoms with Crippen molar-refractivity contribution in [3.05, 3.63) is 25.2 Å². The van der Waals surface area contributed by atoms with E-state index in [0.29, 0.717) is 6.61 Å². The third-order valence-electron chi connectivity index (χ3n) is 3.87. The lowest BCUT2D eigenvalue weighted by molar-refractivity contribution is 0.0909. The number of nitrogens with zero attached hydrogens (tertiary/aromatic N) is 5. The Balaban J connectivity index is 1.89. The van der Waals surface area contributed by atoms with Crippen molar-refractivity contribution in [1.29, 1.82) is 0 Å². The van der Waals surface area contributed by atoms with Gasteiger partial charge in [-0.2, -0.15) is 5.10 Å². The maximum Gasteiger partial charge on any atom is 0.163 e. The first-order valence-electron chi connectivity index (χ1n) is 7.67. The van der Waals surface area contributed by atoms with E-state index in [0.717, 1.165) is 36.4 Å². The molecule has 6 heteroatoms. The molecule has 3 rings (SSSR count). The SMILES string of the molecule is C=CCOC1CCN(c2ncnc3c2cnn3C(C)(C)C)C1. The molecule has 118 valence electrons. The molecular weight excluding hydrogens is 278 g/mol. The minimum absolute atomic E-state index is 0.103. The monoisotopic (exact) mass is 301 g/mol. The molecule has 1 aliphatic rings. The molecule has 1 unspecified atom stereocenters. The standard InChI is InChI=1S/C16H23N5O/c1-5-8-22-12-6-7-20(10-12)14-13-9-19-21(16(2,3)4)15(13)18-11-17-14/h5,9,11-12H,1,6-8,10H2,2-4H3. The van der Waals surface area contributed by atoms with Gasteiger partial charge in [-0.25, -0.2) is 14.6 Å². The summed E-state index contributed by atoms with van der Waals surface area (Å²) in [7, 11) is 0. The van der Waals surface area contributed by atoms with Crippen LogP contribution in [0.1, 0.15) is 27.2 Å². The summed E-state index contributed by atoms with van der Waals surface area (Å²) in [6, 6.07) is 0. The molecule has 1 aliphatic heterocycles. The lowest BCUT2D eigenvalue weighted by Crippen LogP contribution is -2.25. The van der Waals surface area contributed by atoms with Crippen LogP contribution in [-0.4, -0.2) is 45.5 Å². The minimum atomic E-state index is -0.103. The van der Waals surface area contributed by atoms with Gasteiger partial charge in [0, 0.05) is 13.1 Å². The number of aromatic nitrogens is 4. The predicted molar refractivity (Wildman–Crippen MR) is 87.1 cm³/mol. The van der Waals surface area contributed by atoms with Crippen LogP contribution in [0, 0.1) is 0 Å². The Bertz CT molecular complexity index is 673. The zero-order valence-electron chi connectivity index (χ0n) is 13.5. The fraction of sp³-hybridized carbons (Fsp3) is 0.562. The van der Waals surface area contributed by atoms with Gasteiger partial charge < -0.3 is 9.64 Å². The summed E-state index contributed by atoms with van der Waals surface area (Å²) in [6.45, 7) is 12.4. The number of hydrogen-bond acceptors (Lipinski definition) is 5. The largest absolute Gasteiger partial charge is 0.372 e. The van der Waals surface area contributed by atoms with Gasteiger partial charge in [-0.3, -0.25) is 0 Å². The van der Waals surface area contributed by atoms with E-state index in [4.69, 9.17) is 4.74 Å². The lowest BCUT2D eigenvalue weighted by atomic mass is 10.1. The number of rotatable bonds is 4. The average Bonchev–Trinajstić information content (AvgIpc) is 3.10. The van der Waals surface area contributed by atoms with Gasteiger partial charge in [0.15, 0.2) is 5.65 Å². The highest BCUT2D eigenvalue weighted by Gasteiger charge is 2.27. The number of anilines is 1. The van der Waals surface area contributed by atoms with E-state index < -0.39 is 0 Å². The molecule has 2 aromatic rings. The highest BCUT2D eigenvalue weighted by Crippen LogP contribution is 2.28. The Morgan fingerprint density at radius 1 is 1.41 bits per heavy atom. The zero-order valence-corrected chi connectivity index (χ0v) is 13.5. The second-order valence-corrected chi connectivity index (χ2v) is 6.64. The molecule has 1 fully saturated rings. The topological polar surface area (TPSA) is 56.1 Å². The summed E-state index contributed by atoms with van der Waals surface area (Å²) in [5.41, 5.74) is 0.779. The number of ether oxygens (including phenoxy) is 1. The van der Waals surface area contributed by atoms with Crippen molar-refractivity contribution in [2.75, 3.05) is 24.6 Å². The van der Waals surface area contributed by atoms with Crippen molar-refractivity contribution in [3.63, 3.8) is 0 Å². The molecule has 0 N–H and O–H groups in total. The van der Waals surface area contributed by atoms with Gasteiger partial charge in [0.1, 0.15) is 12.1 Å². The van der Waals surface area contributed by atoms with Crippen molar-refractivity contribution < 1.29 is 4.74 Å². The van der Waals surface area contributed by atoms with E-state index in [1.807, 2.05) is 10.9 Å². The van der Waals surface area contributed by atoms with Gasteiger partial charge in [0.25, 0.3) is 0 Å². The first-order valence-corrected chi connectivity index (χ1v) is 7.67. The molecule has 0 amide bonds. The van der Waals surface area contributed by atoms with E-state index in [1.165, 1.54) is 0 Å². The quantitative estimate of drug-likeness (QED) is 0.811. The Morgan fingerprint density at radius 2 is 2.23 bits per heavy atom. The van der Waals surface area contributed by atoms with Gasteiger partial charge in [0.05, 0.1) is 29.8 Å². The Hall–Kier alpha value is -1.95. The molecule has 3 heterocycles. The van der Waals surface area contributed by atoms with Crippen molar-refractivity contribution >= 4 is 16.9 Å². The van der Waals surface area contributed by atoms with Crippen LogP contribution < -0.4 is 4.90 Å². The molecule has 2 aromatic heterocycles. The molecule has 0 saturated carbocycles. The highest BCUT2D eigenvalue weighted by molar-refractivity contribution is 5.87. The lowest BCUT2D eigenvalue weighted by Gasteiger charge is -2.21. The van der Waals surface area contributed by atoms with Crippen molar-refractivity contribution in [1.82, 2.24) is 19.7 Å². The number of fused-ring (bicyclic) bond motifs is 1. The molecule has 0 bridgehead atoms. The van der Waals surface area contributed by atoms with Crippen LogP contribution in [0.25, 0.3) is 11.0 Å². The Labute approximate surface area is 130 Å². The summed E-state index contributed by atoms with van der Waals surface area (Å²) in [5, 5.41) is 5.51. The molecule has 1 atom stereocenters. The van der Waals surface area contributed by atoms with Gasteiger partial charge >= 0.3 is 0 Å². The third-order valence-corrected chi connectivity index (χ3v) is 3.87. The van der Waals surface area contributed by atoms with Crippen LogP contribution in [0.3, 0.4) is 0 Å². The predicted octanol–water partition coefficient (Wildman–Crippen LogP) is 2.36. The minimum Gasteiger partial charge on any atom is -0.372 e. The molecule has 0 aromatic carbocycles. The van der Waals surface area contributed by atoms with E-state index in [2.05, 4.69) is 47.3 Å². The zero-order chi connectivity index (χ0) is 15.7. The maximum absolute atomic E-state index is 5.75. The second kappa shape index (κ2) is 5.68. The maximum atomic E-state index is 5.75. The first kappa shape index (κ1) is 15.0. The van der Waals surface area contributed by atoms with E-state index >= 15 is 0 Å². The summed E-state index contributed by atoms with van der Waals surface area (Å²) < 4.78 is 7.71. The van der Waals surface area contributed by atoms with E-state index in [9.17, 15) is 0 Å². The fourth-order valence-corrected chi connectivity index (χ4v) is 2.84. The van der Waals surface area contributed by atoms with Crippen LogP contribution >= 0.6 is 0 Å². The van der Waals surface area contributed by atoms with Crippen LogP contribution in [0.5, 0.6) is 0 Å². The van der Waals surface area contributed by atoms with Crippen LogP contribution in [0.15, 0.2) is 25.2 Å². The highest BCUT2D eigenvalue weighted by atomic mass is 16.5. The van der Waals surface area contributed by atoms with Crippen molar-refractivity contribution in [2.45, 2.75) is 38.8 Å². The molecule has 6 nitrogen and oxygen atoms in total. The second-order valence-electron chi connectivity index (χ2n) is 6.64. The molecule has 0 spiro atoms. The number of hydrogen-bond donors (Lipinski definition) is 0. The van der Waals surface area contributed by atoms with Crippen LogP contribution in [0.2, 0.25) is 0 Å². The van der Waals surface area contributed by atoms with Gasteiger partial charge in [-0.15, -0.1) is 6.58 Å². The molecule has 0 radical (unpaired) electrons. The van der Waals surface area contributed by atoms with Crippen molar-refractivity contribution in [2.24, 2.45) is 0 Å². The Morgan fingerprint density at radius 3 is 2.95 bits per heavy atom. The van der Waals surface area contributed by atoms with Gasteiger partial charge in [-0.1, -0.05) is 6.08 Å². The van der Waals surface area contributed by atoms with Gasteiger partial charge in [0.2, 0.25) is 0 Å². The third kappa shape index (κ3) is 2.70. The van der Waals surface area contributed by atoms with Crippen molar-refractivity contribution in [3.8, 4) is 0 Å². The summed E-state index contributed by atoms with van der Waals surface area (Å²) in [6.07, 6.45) is 6.53. The molecule has 22 heavy (non-hydrogen) atoms. The van der Waals surface area contributed by atoms with E-state index in [1.54, 1.807) is 12.4 Å². The van der Waals surface area contributed by atoms with Crippen LogP contribution in [0.4, 0.5) is 5.82 Å². The summed E-state index contributed by atoms with van der Waals surface area (Å²) >= 11 is 0. The summed E-state index contributed by atoms with van der Waals surface area (Å²) in [4.78, 5) is 11.2. The normalized spacial score (nSPS) is 19.0. The van der Waals surface area contributed by atoms with Crippen LogP contribution in [-0.2, 0) is 10.3 Å². The fourth-order valence-electron chi connectivity index (χ4n) is 2.84. The van der Waals surface area contributed by atoms with Gasteiger partial charge in [-0.05, 0) is 27.2 Å².